The zero-order chi connectivity index (χ0) is 19.0. The summed E-state index contributed by atoms with van der Waals surface area (Å²) in [6.45, 7) is 0. The second kappa shape index (κ2) is 7.10. The van der Waals surface area contributed by atoms with Crippen molar-refractivity contribution in [2.24, 2.45) is 5.92 Å². The van der Waals surface area contributed by atoms with Crippen molar-refractivity contribution in [3.8, 4) is 0 Å². The molecule has 0 spiro atoms. The Balaban J connectivity index is 1.81. The Morgan fingerprint density at radius 1 is 1.15 bits per heavy atom. The van der Waals surface area contributed by atoms with Gasteiger partial charge < -0.3 is 26.0 Å². The van der Waals surface area contributed by atoms with Gasteiger partial charge >= 0.3 is 0 Å². The number of halogens is 2. The van der Waals surface area contributed by atoms with E-state index in [1.54, 1.807) is 11.9 Å². The summed E-state index contributed by atoms with van der Waals surface area (Å²) in [7, 11) is 1.68. The first kappa shape index (κ1) is 18.4. The lowest BCUT2D eigenvalue weighted by Gasteiger charge is -2.28. The molecule has 1 aromatic carbocycles. The fourth-order valence-corrected chi connectivity index (χ4v) is 3.41. The van der Waals surface area contributed by atoms with Gasteiger partial charge in [-0.15, -0.1) is 0 Å². The summed E-state index contributed by atoms with van der Waals surface area (Å²) in [6, 6.07) is 4.03. The Labute approximate surface area is 148 Å². The van der Waals surface area contributed by atoms with Crippen molar-refractivity contribution in [2.75, 3.05) is 17.7 Å². The summed E-state index contributed by atoms with van der Waals surface area (Å²) < 4.78 is 26.5. The van der Waals surface area contributed by atoms with E-state index in [9.17, 15) is 24.1 Å². The van der Waals surface area contributed by atoms with Gasteiger partial charge in [0.2, 0.25) is 0 Å². The van der Waals surface area contributed by atoms with Crippen molar-refractivity contribution >= 4 is 11.6 Å². The minimum Gasteiger partial charge on any atom is -0.390 e. The quantitative estimate of drug-likeness (QED) is 0.627. The molecule has 5 N–H and O–H groups in total. The lowest BCUT2D eigenvalue weighted by Crippen LogP contribution is -2.41. The zero-order valence-electron chi connectivity index (χ0n) is 14.0. The molecule has 5 atom stereocenters. The molecule has 1 aromatic heterocycles. The van der Waals surface area contributed by atoms with Crippen LogP contribution in [-0.4, -0.2) is 50.6 Å². The van der Waals surface area contributed by atoms with Crippen LogP contribution in [0.15, 0.2) is 30.6 Å². The first-order valence-corrected chi connectivity index (χ1v) is 8.09. The van der Waals surface area contributed by atoms with Crippen LogP contribution < -0.4 is 10.6 Å². The van der Waals surface area contributed by atoms with E-state index in [-0.39, 0.29) is 17.8 Å². The maximum absolute atomic E-state index is 13.4. The number of aromatic nitrogens is 2. The molecule has 1 fully saturated rings. The predicted molar refractivity (Wildman–Crippen MR) is 90.1 cm³/mol. The maximum atomic E-state index is 13.4. The van der Waals surface area contributed by atoms with Gasteiger partial charge in [0.05, 0.1) is 18.2 Å². The number of nitrogen functional groups attached to an aromatic ring is 1. The van der Waals surface area contributed by atoms with Crippen LogP contribution in [0.25, 0.3) is 0 Å². The SMILES string of the molecule is CN(c1cc(N)ncn1)[C@@H]1C[C@H]([C@H](O)c2ccc(F)c(F)c2)[C@@H](O)[C@H]1O. The molecule has 0 bridgehead atoms. The normalized spacial score (nSPS) is 26.7. The van der Waals surface area contributed by atoms with Crippen LogP contribution in [0.1, 0.15) is 18.1 Å². The summed E-state index contributed by atoms with van der Waals surface area (Å²) in [5.74, 6) is -2.15. The van der Waals surface area contributed by atoms with Crippen LogP contribution >= 0.6 is 0 Å². The molecular formula is C17H20F2N4O3. The largest absolute Gasteiger partial charge is 0.390 e. The second-order valence-electron chi connectivity index (χ2n) is 6.48. The van der Waals surface area contributed by atoms with Gasteiger partial charge in [-0.2, -0.15) is 0 Å². The third-order valence-electron chi connectivity index (χ3n) is 4.92. The van der Waals surface area contributed by atoms with Gasteiger partial charge in [-0.1, -0.05) is 6.07 Å². The Morgan fingerprint density at radius 2 is 1.88 bits per heavy atom. The molecule has 1 saturated carbocycles. The smallest absolute Gasteiger partial charge is 0.159 e. The van der Waals surface area contributed by atoms with E-state index in [2.05, 4.69) is 9.97 Å². The van der Waals surface area contributed by atoms with Crippen LogP contribution in [0.5, 0.6) is 0 Å². The average Bonchev–Trinajstić information content (AvgIpc) is 2.91. The molecule has 3 rings (SSSR count). The number of likely N-dealkylation sites (N-methyl/N-ethyl adjacent to an activating group) is 1. The molecule has 0 amide bonds. The molecule has 0 radical (unpaired) electrons. The third-order valence-corrected chi connectivity index (χ3v) is 4.92. The summed E-state index contributed by atoms with van der Waals surface area (Å²) in [4.78, 5) is 9.53. The predicted octanol–water partition coefficient (Wildman–Crippen LogP) is 0.617. The van der Waals surface area contributed by atoms with Crippen LogP contribution in [0.3, 0.4) is 0 Å². The van der Waals surface area contributed by atoms with Gasteiger partial charge in [0, 0.05) is 19.0 Å². The fourth-order valence-electron chi connectivity index (χ4n) is 3.41. The van der Waals surface area contributed by atoms with Gasteiger partial charge in [-0.05, 0) is 24.1 Å². The van der Waals surface area contributed by atoms with Crippen molar-refractivity contribution in [1.29, 1.82) is 0 Å². The van der Waals surface area contributed by atoms with Crippen LogP contribution in [-0.2, 0) is 0 Å². The van der Waals surface area contributed by atoms with E-state index in [4.69, 9.17) is 5.73 Å². The van der Waals surface area contributed by atoms with E-state index in [0.717, 1.165) is 12.1 Å². The average molecular weight is 366 g/mol. The lowest BCUT2D eigenvalue weighted by atomic mass is 9.92. The van der Waals surface area contributed by atoms with Gasteiger partial charge in [0.15, 0.2) is 11.6 Å². The molecule has 0 unspecified atom stereocenters. The number of aliphatic hydroxyl groups is 3. The summed E-state index contributed by atoms with van der Waals surface area (Å²) in [6.07, 6.45) is -2.18. The molecular weight excluding hydrogens is 346 g/mol. The highest BCUT2D eigenvalue weighted by Crippen LogP contribution is 2.39. The Bertz CT molecular complexity index is 794. The number of nitrogens with two attached hydrogens (primary N) is 1. The standard InChI is InChI=1S/C17H20F2N4O3/c1-23(14-6-13(20)21-7-22-14)12-5-9(16(25)17(12)26)15(24)8-2-3-10(18)11(19)4-8/h2-4,6-7,9,12,15-17,24-26H,5H2,1H3,(H2,20,21,22)/t9-,12-,15-,16-,17+/m1/s1. The van der Waals surface area contributed by atoms with Crippen molar-refractivity contribution in [2.45, 2.75) is 30.8 Å². The topological polar surface area (TPSA) is 116 Å². The number of hydrogen-bond donors (Lipinski definition) is 4. The van der Waals surface area contributed by atoms with E-state index in [1.165, 1.54) is 18.5 Å². The Kier molecular flexibility index (Phi) is 5.03. The highest BCUT2D eigenvalue weighted by molar-refractivity contribution is 5.46. The van der Waals surface area contributed by atoms with E-state index in [0.29, 0.717) is 5.82 Å². The van der Waals surface area contributed by atoms with Gasteiger partial charge in [0.1, 0.15) is 24.1 Å². The van der Waals surface area contributed by atoms with Crippen molar-refractivity contribution in [3.05, 3.63) is 47.8 Å². The first-order chi connectivity index (χ1) is 12.3. The number of nitrogens with zero attached hydrogens (tertiary/aromatic N) is 3. The van der Waals surface area contributed by atoms with Crippen molar-refractivity contribution in [3.63, 3.8) is 0 Å². The number of aliphatic hydroxyl groups excluding tert-OH is 3. The van der Waals surface area contributed by atoms with Gasteiger partial charge in [0.25, 0.3) is 0 Å². The maximum Gasteiger partial charge on any atom is 0.159 e. The molecule has 1 aliphatic rings. The van der Waals surface area contributed by atoms with Gasteiger partial charge in [-0.25, -0.2) is 18.7 Å². The van der Waals surface area contributed by atoms with E-state index in [1.807, 2.05) is 0 Å². The highest BCUT2D eigenvalue weighted by Gasteiger charge is 2.47. The fraction of sp³-hybridized carbons (Fsp3) is 0.412. The van der Waals surface area contributed by atoms with Crippen molar-refractivity contribution < 1.29 is 24.1 Å². The van der Waals surface area contributed by atoms with Crippen LogP contribution in [0.4, 0.5) is 20.4 Å². The summed E-state index contributed by atoms with van der Waals surface area (Å²) >= 11 is 0. The number of rotatable bonds is 4. The minimum atomic E-state index is -1.26. The molecule has 9 heteroatoms. The van der Waals surface area contributed by atoms with Crippen LogP contribution in [0.2, 0.25) is 0 Å². The number of anilines is 2. The van der Waals surface area contributed by atoms with Gasteiger partial charge in [-0.3, -0.25) is 0 Å². The molecule has 2 aromatic rings. The van der Waals surface area contributed by atoms with Crippen LogP contribution in [0, 0.1) is 17.6 Å². The van der Waals surface area contributed by atoms with E-state index < -0.39 is 41.9 Å². The molecule has 7 nitrogen and oxygen atoms in total. The Morgan fingerprint density at radius 3 is 2.54 bits per heavy atom. The Hall–Kier alpha value is -2.36. The summed E-state index contributed by atoms with van der Waals surface area (Å²) in [5, 5.41) is 31.3. The molecule has 1 heterocycles. The molecule has 0 saturated heterocycles. The summed E-state index contributed by atoms with van der Waals surface area (Å²) in [5.41, 5.74) is 5.77. The molecule has 0 aliphatic heterocycles. The lowest BCUT2D eigenvalue weighted by molar-refractivity contribution is -0.0232. The third kappa shape index (κ3) is 3.33. The first-order valence-electron chi connectivity index (χ1n) is 8.09. The van der Waals surface area contributed by atoms with E-state index >= 15 is 0 Å². The monoisotopic (exact) mass is 366 g/mol. The minimum absolute atomic E-state index is 0.134. The highest BCUT2D eigenvalue weighted by atomic mass is 19.2. The molecule has 1 aliphatic carbocycles. The zero-order valence-corrected chi connectivity index (χ0v) is 14.0. The van der Waals surface area contributed by atoms with Crippen molar-refractivity contribution in [1.82, 2.24) is 9.97 Å². The molecule has 140 valence electrons. The number of benzene rings is 1. The number of hydrogen-bond acceptors (Lipinski definition) is 7. The second-order valence-corrected chi connectivity index (χ2v) is 6.48. The molecule has 26 heavy (non-hydrogen) atoms.